The molecular weight excluding hydrogens is 476 g/mol. The molecule has 11 nitrogen and oxygen atoms in total. The van der Waals surface area contributed by atoms with Gasteiger partial charge in [0.2, 0.25) is 11.8 Å². The van der Waals surface area contributed by atoms with Gasteiger partial charge in [-0.15, -0.1) is 0 Å². The van der Waals surface area contributed by atoms with Crippen LogP contribution in [0.15, 0.2) is 41.3 Å². The summed E-state index contributed by atoms with van der Waals surface area (Å²) in [5.74, 6) is 0.102. The zero-order chi connectivity index (χ0) is 26.7. The van der Waals surface area contributed by atoms with E-state index in [4.69, 9.17) is 9.72 Å². The van der Waals surface area contributed by atoms with E-state index in [9.17, 15) is 19.2 Å². The lowest BCUT2D eigenvalue weighted by molar-refractivity contribution is -0.131. The van der Waals surface area contributed by atoms with Crippen molar-refractivity contribution in [2.24, 2.45) is 0 Å². The Labute approximate surface area is 214 Å². The monoisotopic (exact) mass is 508 g/mol. The predicted octanol–water partition coefficient (Wildman–Crippen LogP) is 1.55. The fourth-order valence-electron chi connectivity index (χ4n) is 4.62. The van der Waals surface area contributed by atoms with E-state index < -0.39 is 6.09 Å². The minimum absolute atomic E-state index is 0.0241. The van der Waals surface area contributed by atoms with Gasteiger partial charge in [0.15, 0.2) is 0 Å². The van der Waals surface area contributed by atoms with Gasteiger partial charge in [-0.25, -0.2) is 9.78 Å². The molecule has 2 aromatic heterocycles. The molecule has 0 radical (unpaired) electrons. The summed E-state index contributed by atoms with van der Waals surface area (Å²) in [5.41, 5.74) is 3.01. The zero-order valence-electron chi connectivity index (χ0n) is 21.6. The first-order chi connectivity index (χ1) is 17.7. The quantitative estimate of drug-likeness (QED) is 0.517. The minimum Gasteiger partial charge on any atom is -0.452 e. The number of hydrogen-bond acceptors (Lipinski definition) is 6. The molecule has 1 atom stereocenters. The highest BCUT2D eigenvalue weighted by Crippen LogP contribution is 2.36. The number of rotatable bonds is 7. The van der Waals surface area contributed by atoms with E-state index in [-0.39, 0.29) is 36.5 Å². The topological polar surface area (TPSA) is 119 Å². The van der Waals surface area contributed by atoms with Crippen LogP contribution in [0.25, 0.3) is 11.0 Å². The first-order valence-electron chi connectivity index (χ1n) is 12.2. The van der Waals surface area contributed by atoms with E-state index in [2.05, 4.69) is 5.32 Å². The average Bonchev–Trinajstić information content (AvgIpc) is 3.23. The maximum atomic E-state index is 12.8. The first kappa shape index (κ1) is 25.9. The standard InChI is InChI=1S/C26H32N6O5/c1-17-8-9-18-19(32(17)26(36)37-4)10-11-20-25(18)28-21(12-14-30-13-6-5-7-23(30)34)31(20)16-22(33)27-15-24(35)29(2)3/h5-7,10-11,13,17H,8-9,12,14-16H2,1-4H3,(H,27,33)/t17-/m0/s1. The van der Waals surface area contributed by atoms with Gasteiger partial charge in [0, 0.05) is 50.9 Å². The number of nitrogens with zero attached hydrogens (tertiary/aromatic N) is 5. The third-order valence-electron chi connectivity index (χ3n) is 6.68. The van der Waals surface area contributed by atoms with Crippen molar-refractivity contribution in [3.05, 3.63) is 58.3 Å². The SMILES string of the molecule is COC(=O)N1c2ccc3c(nc(CCn4ccccc4=O)n3CC(=O)NCC(=O)N(C)C)c2CC[C@@H]1C. The Balaban J connectivity index is 1.72. The maximum absolute atomic E-state index is 12.8. The summed E-state index contributed by atoms with van der Waals surface area (Å²) in [6.45, 7) is 2.23. The Morgan fingerprint density at radius 3 is 2.68 bits per heavy atom. The molecule has 1 aromatic carbocycles. The van der Waals surface area contributed by atoms with Crippen molar-refractivity contribution in [3.63, 3.8) is 0 Å². The Kier molecular flexibility index (Phi) is 7.61. The molecule has 1 N–H and O–H groups in total. The second kappa shape index (κ2) is 10.9. The van der Waals surface area contributed by atoms with Crippen molar-refractivity contribution in [1.29, 1.82) is 0 Å². The molecule has 0 saturated carbocycles. The number of pyridine rings is 1. The second-order valence-electron chi connectivity index (χ2n) is 9.32. The van der Waals surface area contributed by atoms with Crippen molar-refractivity contribution in [3.8, 4) is 0 Å². The van der Waals surface area contributed by atoms with Gasteiger partial charge in [0.25, 0.3) is 5.56 Å². The van der Waals surface area contributed by atoms with Crippen LogP contribution in [-0.2, 0) is 40.3 Å². The molecule has 37 heavy (non-hydrogen) atoms. The van der Waals surface area contributed by atoms with Crippen LogP contribution in [0.4, 0.5) is 10.5 Å². The van der Waals surface area contributed by atoms with Gasteiger partial charge in [0.1, 0.15) is 12.4 Å². The van der Waals surface area contributed by atoms with E-state index in [0.29, 0.717) is 24.3 Å². The maximum Gasteiger partial charge on any atom is 0.414 e. The van der Waals surface area contributed by atoms with Crippen LogP contribution in [0, 0.1) is 0 Å². The van der Waals surface area contributed by atoms with Gasteiger partial charge >= 0.3 is 6.09 Å². The number of aryl methyl sites for hydroxylation is 3. The van der Waals surface area contributed by atoms with E-state index >= 15 is 0 Å². The van der Waals surface area contributed by atoms with Crippen LogP contribution in [0.3, 0.4) is 0 Å². The van der Waals surface area contributed by atoms with Crippen LogP contribution in [0.2, 0.25) is 0 Å². The summed E-state index contributed by atoms with van der Waals surface area (Å²) < 4.78 is 8.43. The number of carbonyl (C=O) groups excluding carboxylic acids is 3. The number of imidazole rings is 1. The lowest BCUT2D eigenvalue weighted by Gasteiger charge is -2.34. The highest BCUT2D eigenvalue weighted by Gasteiger charge is 2.31. The van der Waals surface area contributed by atoms with E-state index in [1.54, 1.807) is 41.9 Å². The number of hydrogen-bond donors (Lipinski definition) is 1. The summed E-state index contributed by atoms with van der Waals surface area (Å²) in [6, 6.07) is 8.67. The van der Waals surface area contributed by atoms with E-state index in [1.165, 1.54) is 18.1 Å². The van der Waals surface area contributed by atoms with Crippen LogP contribution < -0.4 is 15.8 Å². The number of methoxy groups -OCH3 is 1. The molecule has 0 fully saturated rings. The molecule has 11 heteroatoms. The number of carbonyl (C=O) groups is 3. The average molecular weight is 509 g/mol. The molecule has 1 aliphatic rings. The summed E-state index contributed by atoms with van der Waals surface area (Å²) >= 11 is 0. The van der Waals surface area contributed by atoms with Crippen LogP contribution in [0.1, 0.15) is 24.7 Å². The number of ether oxygens (including phenoxy) is 1. The molecule has 196 valence electrons. The molecule has 0 unspecified atom stereocenters. The second-order valence-corrected chi connectivity index (χ2v) is 9.32. The van der Waals surface area contributed by atoms with Gasteiger partial charge in [-0.05, 0) is 38.0 Å². The highest BCUT2D eigenvalue weighted by atomic mass is 16.5. The number of benzene rings is 1. The molecule has 4 rings (SSSR count). The molecule has 0 spiro atoms. The molecule has 0 aliphatic carbocycles. The number of amides is 3. The molecule has 1 aliphatic heterocycles. The lowest BCUT2D eigenvalue weighted by atomic mass is 9.96. The van der Waals surface area contributed by atoms with Crippen molar-refractivity contribution >= 4 is 34.6 Å². The fourth-order valence-corrected chi connectivity index (χ4v) is 4.62. The van der Waals surface area contributed by atoms with Crippen molar-refractivity contribution in [1.82, 2.24) is 24.3 Å². The zero-order valence-corrected chi connectivity index (χ0v) is 21.6. The van der Waals surface area contributed by atoms with Gasteiger partial charge in [-0.3, -0.25) is 19.3 Å². The summed E-state index contributed by atoms with van der Waals surface area (Å²) in [7, 11) is 4.62. The van der Waals surface area contributed by atoms with E-state index in [1.807, 2.05) is 23.6 Å². The predicted molar refractivity (Wildman–Crippen MR) is 139 cm³/mol. The lowest BCUT2D eigenvalue weighted by Crippen LogP contribution is -2.42. The van der Waals surface area contributed by atoms with Crippen molar-refractivity contribution in [2.75, 3.05) is 32.6 Å². The summed E-state index contributed by atoms with van der Waals surface area (Å²) in [5, 5.41) is 2.67. The third kappa shape index (κ3) is 5.35. The van der Waals surface area contributed by atoms with E-state index in [0.717, 1.165) is 29.6 Å². The Bertz CT molecular complexity index is 1390. The first-order valence-corrected chi connectivity index (χ1v) is 12.2. The summed E-state index contributed by atoms with van der Waals surface area (Å²) in [4.78, 5) is 57.4. The largest absolute Gasteiger partial charge is 0.452 e. The van der Waals surface area contributed by atoms with Crippen LogP contribution in [-0.4, -0.2) is 70.7 Å². The third-order valence-corrected chi connectivity index (χ3v) is 6.68. The van der Waals surface area contributed by atoms with Crippen molar-refractivity contribution < 1.29 is 19.1 Å². The Hall–Kier alpha value is -4.15. The van der Waals surface area contributed by atoms with Gasteiger partial charge < -0.3 is 24.1 Å². The smallest absolute Gasteiger partial charge is 0.414 e. The molecule has 0 bridgehead atoms. The number of fused-ring (bicyclic) bond motifs is 3. The summed E-state index contributed by atoms with van der Waals surface area (Å²) in [6.07, 6.45) is 3.16. The highest BCUT2D eigenvalue weighted by molar-refractivity contribution is 5.95. The van der Waals surface area contributed by atoms with Gasteiger partial charge in [-0.2, -0.15) is 0 Å². The molecule has 3 aromatic rings. The number of anilines is 1. The molecular formula is C26H32N6O5. The number of likely N-dealkylation sites (N-methyl/N-ethyl adjacent to an activating group) is 1. The van der Waals surface area contributed by atoms with Gasteiger partial charge in [-0.1, -0.05) is 6.07 Å². The Morgan fingerprint density at radius 1 is 1.19 bits per heavy atom. The van der Waals surface area contributed by atoms with Gasteiger partial charge in [0.05, 0.1) is 30.4 Å². The van der Waals surface area contributed by atoms with Crippen LogP contribution >= 0.6 is 0 Å². The van der Waals surface area contributed by atoms with Crippen molar-refractivity contribution in [2.45, 2.75) is 45.3 Å². The minimum atomic E-state index is -0.430. The Morgan fingerprint density at radius 2 is 1.97 bits per heavy atom. The normalized spacial score (nSPS) is 14.8. The fraction of sp³-hybridized carbons (Fsp3) is 0.423. The molecule has 3 amide bonds. The number of nitrogens with one attached hydrogen (secondary N) is 1. The molecule has 0 saturated heterocycles. The molecule has 3 heterocycles. The van der Waals surface area contributed by atoms with Crippen LogP contribution in [0.5, 0.6) is 0 Å². The number of aromatic nitrogens is 3.